The largest absolute Gasteiger partial charge is 0.381 e. The summed E-state index contributed by atoms with van der Waals surface area (Å²) in [6, 6.07) is 9.99. The summed E-state index contributed by atoms with van der Waals surface area (Å²) >= 11 is 0. The highest BCUT2D eigenvalue weighted by Crippen LogP contribution is 2.34. The standard InChI is InChI=1S/C28H29N5O4/c1-30-8-7-22-19(11-31-12-20-15-37-16-21(20)13-31)10-24(29-27(22)30)17-5-6-23-18(9-17)14-32(28(23)36)33-25(34)3-2-4-26(33)35/h5-10,20-21H,2-4,11-16H2,1H3. The molecule has 3 amide bonds. The molecule has 2 atom stereocenters. The Morgan fingerprint density at radius 3 is 2.51 bits per heavy atom. The molecule has 3 saturated heterocycles. The van der Waals surface area contributed by atoms with E-state index in [1.165, 1.54) is 10.6 Å². The molecule has 4 aliphatic heterocycles. The quantitative estimate of drug-likeness (QED) is 0.513. The van der Waals surface area contributed by atoms with Crippen molar-refractivity contribution < 1.29 is 19.1 Å². The minimum Gasteiger partial charge on any atom is -0.381 e. The summed E-state index contributed by atoms with van der Waals surface area (Å²) in [7, 11) is 2.01. The lowest BCUT2D eigenvalue weighted by Gasteiger charge is -2.32. The van der Waals surface area contributed by atoms with Gasteiger partial charge < -0.3 is 9.30 Å². The highest BCUT2D eigenvalue weighted by molar-refractivity contribution is 6.04. The summed E-state index contributed by atoms with van der Waals surface area (Å²) in [6.45, 7) is 4.91. The second-order valence-electron chi connectivity index (χ2n) is 10.8. The highest BCUT2D eigenvalue weighted by atomic mass is 16.5. The van der Waals surface area contributed by atoms with Crippen molar-refractivity contribution in [1.29, 1.82) is 0 Å². The lowest BCUT2D eigenvalue weighted by atomic mass is 10.0. The summed E-state index contributed by atoms with van der Waals surface area (Å²) in [5.74, 6) is 0.332. The molecule has 9 nitrogen and oxygen atoms in total. The topological polar surface area (TPSA) is 88.0 Å². The van der Waals surface area contributed by atoms with Crippen LogP contribution in [-0.2, 0) is 34.5 Å². The minimum absolute atomic E-state index is 0.206. The molecule has 0 bridgehead atoms. The molecule has 9 heteroatoms. The van der Waals surface area contributed by atoms with Gasteiger partial charge in [-0.1, -0.05) is 6.07 Å². The number of rotatable bonds is 4. The third kappa shape index (κ3) is 3.67. The maximum Gasteiger partial charge on any atom is 0.273 e. The molecule has 4 aliphatic rings. The van der Waals surface area contributed by atoms with Gasteiger partial charge in [-0.05, 0) is 41.8 Å². The van der Waals surface area contributed by atoms with Crippen molar-refractivity contribution in [3.05, 3.63) is 53.2 Å². The Hall–Kier alpha value is -3.56. The van der Waals surface area contributed by atoms with Gasteiger partial charge in [0.1, 0.15) is 5.65 Å². The summed E-state index contributed by atoms with van der Waals surface area (Å²) in [5.41, 5.74) is 5.27. The number of hydrazine groups is 1. The fraction of sp³-hybridized carbons (Fsp3) is 0.429. The van der Waals surface area contributed by atoms with Crippen molar-refractivity contribution in [3.8, 4) is 11.3 Å². The number of likely N-dealkylation sites (tertiary alicyclic amines) is 1. The van der Waals surface area contributed by atoms with Gasteiger partial charge in [-0.25, -0.2) is 9.99 Å². The zero-order chi connectivity index (χ0) is 25.3. The predicted molar refractivity (Wildman–Crippen MR) is 135 cm³/mol. The molecule has 6 heterocycles. The lowest BCUT2D eigenvalue weighted by Crippen LogP contribution is -2.51. The van der Waals surface area contributed by atoms with Crippen molar-refractivity contribution >= 4 is 28.8 Å². The Kier molecular flexibility index (Phi) is 5.19. The number of fused-ring (bicyclic) bond motifs is 3. The zero-order valence-corrected chi connectivity index (χ0v) is 20.9. The van der Waals surface area contributed by atoms with Crippen molar-refractivity contribution in [2.75, 3.05) is 26.3 Å². The van der Waals surface area contributed by atoms with Gasteiger partial charge in [-0.15, -0.1) is 0 Å². The summed E-state index contributed by atoms with van der Waals surface area (Å²) < 4.78 is 7.70. The molecule has 7 rings (SSSR count). The van der Waals surface area contributed by atoms with Crippen LogP contribution in [-0.4, -0.2) is 68.5 Å². The van der Waals surface area contributed by atoms with Gasteiger partial charge in [-0.2, -0.15) is 5.01 Å². The fourth-order valence-electron chi connectivity index (χ4n) is 6.37. The number of aromatic nitrogens is 2. The van der Waals surface area contributed by atoms with Gasteiger partial charge in [0.2, 0.25) is 11.8 Å². The first-order valence-electron chi connectivity index (χ1n) is 13.0. The van der Waals surface area contributed by atoms with Crippen LogP contribution in [0.4, 0.5) is 0 Å². The van der Waals surface area contributed by atoms with Crippen LogP contribution in [0.2, 0.25) is 0 Å². The number of aryl methyl sites for hydroxylation is 1. The number of amides is 3. The molecule has 2 aromatic heterocycles. The number of nitrogens with zero attached hydrogens (tertiary/aromatic N) is 5. The Balaban J connectivity index is 1.21. The van der Waals surface area contributed by atoms with Crippen LogP contribution in [0.1, 0.15) is 40.7 Å². The third-order valence-corrected chi connectivity index (χ3v) is 8.31. The molecule has 0 radical (unpaired) electrons. The first-order valence-corrected chi connectivity index (χ1v) is 13.0. The fourth-order valence-corrected chi connectivity index (χ4v) is 6.37. The number of ether oxygens (including phenoxy) is 1. The molecule has 1 aromatic carbocycles. The summed E-state index contributed by atoms with van der Waals surface area (Å²) in [4.78, 5) is 45.5. The molecule has 190 valence electrons. The van der Waals surface area contributed by atoms with E-state index >= 15 is 0 Å². The minimum atomic E-state index is -0.310. The first kappa shape index (κ1) is 22.6. The number of imide groups is 1. The Bertz CT molecular complexity index is 1430. The smallest absolute Gasteiger partial charge is 0.273 e. The Morgan fingerprint density at radius 2 is 1.76 bits per heavy atom. The van der Waals surface area contributed by atoms with Crippen LogP contribution in [0.25, 0.3) is 22.3 Å². The second-order valence-corrected chi connectivity index (χ2v) is 10.8. The molecule has 0 N–H and O–H groups in total. The van der Waals surface area contributed by atoms with Gasteiger partial charge >= 0.3 is 0 Å². The van der Waals surface area contributed by atoms with Crippen LogP contribution < -0.4 is 0 Å². The molecule has 0 spiro atoms. The Labute approximate surface area is 214 Å². The van der Waals surface area contributed by atoms with Crippen molar-refractivity contribution in [3.63, 3.8) is 0 Å². The number of carbonyl (C=O) groups is 3. The second kappa shape index (κ2) is 8.49. The molecule has 0 aliphatic carbocycles. The lowest BCUT2D eigenvalue weighted by molar-refractivity contribution is -0.163. The number of carbonyl (C=O) groups excluding carboxylic acids is 3. The third-order valence-electron chi connectivity index (χ3n) is 8.31. The van der Waals surface area contributed by atoms with Gasteiger partial charge in [-0.3, -0.25) is 19.3 Å². The number of pyridine rings is 1. The predicted octanol–water partition coefficient (Wildman–Crippen LogP) is 2.73. The van der Waals surface area contributed by atoms with Gasteiger partial charge in [0.25, 0.3) is 5.91 Å². The van der Waals surface area contributed by atoms with E-state index in [4.69, 9.17) is 9.72 Å². The van der Waals surface area contributed by atoms with Crippen LogP contribution in [0, 0.1) is 11.8 Å². The van der Waals surface area contributed by atoms with Crippen LogP contribution in [0.3, 0.4) is 0 Å². The van der Waals surface area contributed by atoms with E-state index < -0.39 is 0 Å². The summed E-state index contributed by atoms with van der Waals surface area (Å²) in [6.07, 6.45) is 3.15. The Morgan fingerprint density at radius 1 is 1.00 bits per heavy atom. The first-order chi connectivity index (χ1) is 18.0. The van der Waals surface area contributed by atoms with E-state index in [0.29, 0.717) is 23.8 Å². The van der Waals surface area contributed by atoms with Crippen molar-refractivity contribution in [1.82, 2.24) is 24.5 Å². The summed E-state index contributed by atoms with van der Waals surface area (Å²) in [5, 5.41) is 3.50. The van der Waals surface area contributed by atoms with E-state index in [2.05, 4.69) is 17.0 Å². The number of benzene rings is 1. The van der Waals surface area contributed by atoms with Crippen molar-refractivity contribution in [2.24, 2.45) is 18.9 Å². The normalized spacial score (nSPS) is 24.0. The van der Waals surface area contributed by atoms with Gasteiger partial charge in [0, 0.05) is 74.1 Å². The van der Waals surface area contributed by atoms with Crippen LogP contribution in [0.5, 0.6) is 0 Å². The van der Waals surface area contributed by atoms with E-state index in [1.54, 1.807) is 6.07 Å². The van der Waals surface area contributed by atoms with Gasteiger partial charge in [0.15, 0.2) is 0 Å². The number of piperidine rings is 1. The zero-order valence-electron chi connectivity index (χ0n) is 20.9. The SMILES string of the molecule is Cn1ccc2c(CN3CC4COCC4C3)cc(-c3ccc4c(c3)CN(N3C(=O)CCCC3=O)C4=O)nc21. The van der Waals surface area contributed by atoms with E-state index in [-0.39, 0.29) is 37.1 Å². The molecular weight excluding hydrogens is 470 g/mol. The number of hydrogen-bond donors (Lipinski definition) is 0. The maximum atomic E-state index is 13.1. The average Bonchev–Trinajstić information content (AvgIpc) is 3.63. The molecule has 3 fully saturated rings. The molecular formula is C28H29N5O4. The number of hydrogen-bond acceptors (Lipinski definition) is 6. The van der Waals surface area contributed by atoms with E-state index in [9.17, 15) is 14.4 Å². The molecule has 3 aromatic rings. The average molecular weight is 500 g/mol. The highest BCUT2D eigenvalue weighted by Gasteiger charge is 2.40. The van der Waals surface area contributed by atoms with Gasteiger partial charge in [0.05, 0.1) is 25.5 Å². The van der Waals surface area contributed by atoms with Crippen molar-refractivity contribution in [2.45, 2.75) is 32.4 Å². The monoisotopic (exact) mass is 499 g/mol. The van der Waals surface area contributed by atoms with E-state index in [1.807, 2.05) is 29.9 Å². The molecule has 0 saturated carbocycles. The van der Waals surface area contributed by atoms with Crippen LogP contribution in [0.15, 0.2) is 36.5 Å². The van der Waals surface area contributed by atoms with E-state index in [0.717, 1.165) is 65.7 Å². The molecule has 37 heavy (non-hydrogen) atoms. The maximum absolute atomic E-state index is 13.1. The van der Waals surface area contributed by atoms with Crippen LogP contribution >= 0.6 is 0 Å². The molecule has 2 unspecified atom stereocenters.